The summed E-state index contributed by atoms with van der Waals surface area (Å²) in [5.41, 5.74) is 3.75. The third-order valence-corrected chi connectivity index (χ3v) is 19.7. The minimum atomic E-state index is -1.06. The van der Waals surface area contributed by atoms with Crippen molar-refractivity contribution in [3.8, 4) is 23.0 Å². The van der Waals surface area contributed by atoms with Crippen LogP contribution < -0.4 is 41.2 Å². The first-order valence-corrected chi connectivity index (χ1v) is 31.8. The van der Waals surface area contributed by atoms with Crippen LogP contribution >= 0.6 is 23.5 Å². The molecule has 0 radical (unpaired) electrons. The molecule has 16 nitrogen and oxygen atoms in total. The lowest BCUT2D eigenvalue weighted by molar-refractivity contribution is -0.0438. The Labute approximate surface area is 525 Å². The highest BCUT2D eigenvalue weighted by Crippen LogP contribution is 2.52. The molecule has 89 heavy (non-hydrogen) atoms. The first kappa shape index (κ1) is 62.0. The lowest BCUT2D eigenvalue weighted by atomic mass is 9.80. The Kier molecular flexibility index (Phi) is 20.0. The number of amides is 1. The maximum Gasteiger partial charge on any atom is 0.351 e. The van der Waals surface area contributed by atoms with Crippen molar-refractivity contribution in [2.75, 3.05) is 57.6 Å². The number of carbonyl (C=O) groups is 1. The van der Waals surface area contributed by atoms with E-state index in [4.69, 9.17) is 33.2 Å². The Morgan fingerprint density at radius 2 is 1.00 bits per heavy atom. The standard InChI is InChI=1S/C71H71N5O11S2/c1-81-57-28-20-52(21-29-57)70(51-16-10-6-11-17-51,53-22-30-58(82-2)31-23-53)85-42-38-61-49(44-65(86-61)76-41-37-64(77)74-69(76)80)46-88-43-39-62-50(45-66(87-62)75-40-36-63(73-68(75)79)72-67(78)48-14-8-5-9-15-48)47-89-71(54-18-12-7-13-19-54,55-24-32-59(83-3)33-25-55)56-26-34-60(84-4)35-27-56/h5-37,40-41,49-50,61-62,65-66H,38-39,42-47H2,1-4H3,(H,74,77,80)(H,72,73,78,79)/t49-,50-,61-,62-,65-,66-/m1/s1. The maximum atomic E-state index is 14.1. The quantitative estimate of drug-likeness (QED) is 0.0386. The molecule has 0 unspecified atom stereocenters. The molecule has 1 amide bonds. The average Bonchev–Trinajstić information content (AvgIpc) is 2.38. The Balaban J connectivity index is 0.870. The molecule has 2 aromatic heterocycles. The number of nitrogens with zero attached hydrogens (tertiary/aromatic N) is 3. The number of carbonyl (C=O) groups excluding carboxylic acids is 1. The van der Waals surface area contributed by atoms with Crippen LogP contribution in [0.25, 0.3) is 0 Å². The highest BCUT2D eigenvalue weighted by Gasteiger charge is 2.44. The van der Waals surface area contributed by atoms with Crippen LogP contribution in [0.2, 0.25) is 0 Å². The second kappa shape index (κ2) is 28.7. The highest BCUT2D eigenvalue weighted by atomic mass is 32.2. The zero-order valence-electron chi connectivity index (χ0n) is 50.0. The van der Waals surface area contributed by atoms with E-state index >= 15 is 0 Å². The van der Waals surface area contributed by atoms with E-state index in [2.05, 4.69) is 75.9 Å². The molecule has 2 fully saturated rings. The molecule has 6 atom stereocenters. The molecule has 7 aromatic carbocycles. The van der Waals surface area contributed by atoms with E-state index in [0.717, 1.165) is 44.9 Å². The predicted molar refractivity (Wildman–Crippen MR) is 348 cm³/mol. The summed E-state index contributed by atoms with van der Waals surface area (Å²) in [6.45, 7) is 0.273. The molecule has 4 heterocycles. The molecule has 2 aliphatic heterocycles. The molecule has 0 aliphatic carbocycles. The Morgan fingerprint density at radius 1 is 0.551 bits per heavy atom. The van der Waals surface area contributed by atoms with Crippen LogP contribution in [0, 0.1) is 11.8 Å². The minimum absolute atomic E-state index is 0.0323. The van der Waals surface area contributed by atoms with Crippen LogP contribution in [0.15, 0.2) is 227 Å². The van der Waals surface area contributed by atoms with E-state index in [1.165, 1.54) is 21.4 Å². The summed E-state index contributed by atoms with van der Waals surface area (Å²) in [5.74, 6) is 4.62. The van der Waals surface area contributed by atoms with Crippen LogP contribution in [0.4, 0.5) is 5.82 Å². The normalized spacial score (nSPS) is 18.3. The van der Waals surface area contributed by atoms with Gasteiger partial charge in [0.15, 0.2) is 0 Å². The van der Waals surface area contributed by atoms with Gasteiger partial charge in [-0.05, 0) is 149 Å². The molecule has 0 bridgehead atoms. The van der Waals surface area contributed by atoms with Gasteiger partial charge in [0.05, 0.1) is 52.0 Å². The summed E-state index contributed by atoms with van der Waals surface area (Å²) >= 11 is 3.61. The average molecular weight is 1230 g/mol. The van der Waals surface area contributed by atoms with Crippen LogP contribution in [-0.2, 0) is 24.6 Å². The van der Waals surface area contributed by atoms with Crippen LogP contribution in [0.5, 0.6) is 23.0 Å². The molecule has 9 aromatic rings. The molecule has 2 aliphatic rings. The van der Waals surface area contributed by atoms with Crippen molar-refractivity contribution in [1.82, 2.24) is 19.1 Å². The van der Waals surface area contributed by atoms with Gasteiger partial charge < -0.3 is 38.5 Å². The summed E-state index contributed by atoms with van der Waals surface area (Å²) in [6, 6.07) is 64.7. The third kappa shape index (κ3) is 13.8. The van der Waals surface area contributed by atoms with E-state index in [-0.39, 0.29) is 42.4 Å². The first-order valence-electron chi connectivity index (χ1n) is 29.6. The number of benzene rings is 7. The van der Waals surface area contributed by atoms with Crippen molar-refractivity contribution < 1.29 is 38.0 Å². The van der Waals surface area contributed by atoms with Gasteiger partial charge in [-0.15, -0.1) is 11.8 Å². The number of aromatic amines is 1. The zero-order valence-corrected chi connectivity index (χ0v) is 51.6. The second-order valence-corrected chi connectivity index (χ2v) is 24.3. The smallest absolute Gasteiger partial charge is 0.351 e. The fourth-order valence-electron chi connectivity index (χ4n) is 12.2. The van der Waals surface area contributed by atoms with E-state index < -0.39 is 39.7 Å². The monoisotopic (exact) mass is 1230 g/mol. The number of methoxy groups -OCH3 is 4. The number of nitrogens with one attached hydrogen (secondary N) is 2. The number of thioether (sulfide) groups is 2. The number of hydrogen-bond donors (Lipinski definition) is 2. The number of anilines is 1. The van der Waals surface area contributed by atoms with Gasteiger partial charge in [-0.25, -0.2) is 9.59 Å². The molecule has 18 heteroatoms. The van der Waals surface area contributed by atoms with Crippen LogP contribution in [-0.4, -0.2) is 89.5 Å². The van der Waals surface area contributed by atoms with Gasteiger partial charge in [-0.2, -0.15) is 16.7 Å². The maximum absolute atomic E-state index is 14.1. The molecule has 0 saturated carbocycles. The summed E-state index contributed by atoms with van der Waals surface area (Å²) in [5, 5.41) is 2.77. The van der Waals surface area contributed by atoms with Crippen LogP contribution in [0.3, 0.4) is 0 Å². The lowest BCUT2D eigenvalue weighted by Crippen LogP contribution is -2.34. The summed E-state index contributed by atoms with van der Waals surface area (Å²) in [7, 11) is 6.62. The Morgan fingerprint density at radius 3 is 1.52 bits per heavy atom. The Hall–Kier alpha value is -8.65. The topological polar surface area (TPSA) is 183 Å². The zero-order chi connectivity index (χ0) is 61.7. The molecule has 11 rings (SSSR count). The number of hydrogen-bond acceptors (Lipinski definition) is 14. The molecule has 2 N–H and O–H groups in total. The number of H-pyrrole nitrogens is 1. The summed E-state index contributed by atoms with van der Waals surface area (Å²) < 4.78 is 46.0. The first-order chi connectivity index (χ1) is 43.5. The molecule has 0 spiro atoms. The van der Waals surface area contributed by atoms with Crippen LogP contribution in [0.1, 0.15) is 81.9 Å². The van der Waals surface area contributed by atoms with E-state index in [9.17, 15) is 19.2 Å². The van der Waals surface area contributed by atoms with Gasteiger partial charge in [0.1, 0.15) is 46.9 Å². The van der Waals surface area contributed by atoms with E-state index in [1.54, 1.807) is 76.7 Å². The van der Waals surface area contributed by atoms with E-state index in [0.29, 0.717) is 60.0 Å². The number of aromatic nitrogens is 4. The molecular weight excluding hydrogens is 1160 g/mol. The van der Waals surface area contributed by atoms with Crippen molar-refractivity contribution in [3.63, 3.8) is 0 Å². The van der Waals surface area contributed by atoms with Gasteiger partial charge >= 0.3 is 11.4 Å². The van der Waals surface area contributed by atoms with Crippen molar-refractivity contribution in [2.45, 2.75) is 60.7 Å². The van der Waals surface area contributed by atoms with Gasteiger partial charge in [-0.3, -0.25) is 23.7 Å². The molecular formula is C71H71N5O11S2. The molecule has 458 valence electrons. The lowest BCUT2D eigenvalue weighted by Gasteiger charge is -2.37. The van der Waals surface area contributed by atoms with Gasteiger partial charge in [0, 0.05) is 29.8 Å². The van der Waals surface area contributed by atoms with Crippen molar-refractivity contribution in [2.24, 2.45) is 11.8 Å². The number of ether oxygens (including phenoxy) is 7. The van der Waals surface area contributed by atoms with Gasteiger partial charge in [-0.1, -0.05) is 127 Å². The summed E-state index contributed by atoms with van der Waals surface area (Å²) in [6.07, 6.45) is 3.40. The van der Waals surface area contributed by atoms with E-state index in [1.807, 2.05) is 115 Å². The third-order valence-electron chi connectivity index (χ3n) is 16.8. The fourth-order valence-corrected chi connectivity index (χ4v) is 15.1. The minimum Gasteiger partial charge on any atom is -0.497 e. The predicted octanol–water partition coefficient (Wildman–Crippen LogP) is 12.1. The van der Waals surface area contributed by atoms with Crippen molar-refractivity contribution in [1.29, 1.82) is 0 Å². The SMILES string of the molecule is COc1ccc(C(OCC[C@H]2O[C@@H](n3ccc(=O)[nH]c3=O)C[C@@H]2CSCC[C@H]2O[C@@H](n3ccc(NC(=O)c4ccccc4)nc3=O)C[C@@H]2CSC(c2ccccc2)(c2ccc(OC)cc2)c2ccc(OC)cc2)(c2ccccc2)c2ccc(OC)cc2)cc1. The fraction of sp³-hybridized carbons (Fsp3) is 0.282. The van der Waals surface area contributed by atoms with Gasteiger partial charge in [0.25, 0.3) is 11.5 Å². The number of rotatable bonds is 26. The summed E-state index contributed by atoms with van der Waals surface area (Å²) in [4.78, 5) is 59.6. The largest absolute Gasteiger partial charge is 0.497 e. The highest BCUT2D eigenvalue weighted by molar-refractivity contribution is 8.00. The Bertz CT molecular complexity index is 3850. The van der Waals surface area contributed by atoms with Gasteiger partial charge in [0.2, 0.25) is 0 Å². The van der Waals surface area contributed by atoms with Crippen molar-refractivity contribution >= 4 is 35.2 Å². The second-order valence-electron chi connectivity index (χ2n) is 21.9. The molecule has 2 saturated heterocycles. The van der Waals surface area contributed by atoms with Crippen molar-refractivity contribution in [3.05, 3.63) is 283 Å².